The molecule has 394 valence electrons. The third-order valence-corrected chi connectivity index (χ3v) is 15.0. The molecule has 0 saturated carbocycles. The van der Waals surface area contributed by atoms with Gasteiger partial charge in [-0.05, 0) is 163 Å². The minimum Gasteiger partial charge on any atom is -0.309 e. The van der Waals surface area contributed by atoms with Crippen molar-refractivity contribution >= 4 is 65.2 Å². The van der Waals surface area contributed by atoms with Gasteiger partial charge >= 0.3 is 24.7 Å². The van der Waals surface area contributed by atoms with Crippen LogP contribution in [0.15, 0.2) is 218 Å². The van der Waals surface area contributed by atoms with E-state index in [1.54, 1.807) is 21.3 Å². The van der Waals surface area contributed by atoms with Crippen molar-refractivity contribution in [3.05, 3.63) is 241 Å². The fourth-order valence-corrected chi connectivity index (χ4v) is 11.3. The fraction of sp³-hybridized carbons (Fsp3) is 0.0606. The monoisotopic (exact) mass is 1080 g/mol. The number of nitrogens with zero attached hydrogens (tertiary/aromatic N) is 2. The second-order valence-electron chi connectivity index (χ2n) is 19.7. The predicted molar refractivity (Wildman–Crippen MR) is 292 cm³/mol. The highest BCUT2D eigenvalue weighted by Crippen LogP contribution is 2.49. The average molecular weight is 1090 g/mol. The molecule has 11 aromatic carbocycles. The second kappa shape index (κ2) is 18.1. The molecule has 2 nitrogen and oxygen atoms in total. The first kappa shape index (κ1) is 50.2. The molecule has 0 saturated heterocycles. The maximum Gasteiger partial charge on any atom is 0.416 e. The minimum atomic E-state index is -4.80. The molecule has 0 N–H and O–H groups in total. The molecule has 0 spiro atoms. The first-order valence-corrected chi connectivity index (χ1v) is 25.0. The lowest BCUT2D eigenvalue weighted by Gasteiger charge is -2.21. The molecule has 13 rings (SSSR count). The highest BCUT2D eigenvalue weighted by atomic mass is 19.4. The van der Waals surface area contributed by atoms with Crippen molar-refractivity contribution in [1.82, 2.24) is 9.13 Å². The predicted octanol–water partition coefficient (Wildman–Crippen LogP) is 20.9. The maximum atomic E-state index is 14.3. The number of hydrogen-bond acceptors (Lipinski definition) is 0. The SMILES string of the molecule is FC(F)(F)c1ccc2c(c1)c1cc(C(F)(F)F)ccc1n2-c1ccc2c(-c3ccc(-c4ccccc4)cc3)c3cc(-n4c5ccc(C(F)(F)F)cc5c5cc(C(F)(F)F)ccc54)ccc3c(-c3ccc(-c4ccccc4)cc3)c2c1. The van der Waals surface area contributed by atoms with Crippen LogP contribution in [0, 0.1) is 0 Å². The Morgan fingerprint density at radius 1 is 0.212 bits per heavy atom. The van der Waals surface area contributed by atoms with Crippen molar-refractivity contribution in [1.29, 1.82) is 0 Å². The summed E-state index contributed by atoms with van der Waals surface area (Å²) in [5, 5.41) is 2.44. The van der Waals surface area contributed by atoms with Crippen molar-refractivity contribution in [2.45, 2.75) is 24.7 Å². The summed E-state index contributed by atoms with van der Waals surface area (Å²) in [6, 6.07) is 57.9. The number of halogens is 12. The zero-order valence-electron chi connectivity index (χ0n) is 41.2. The molecule has 80 heavy (non-hydrogen) atoms. The van der Waals surface area contributed by atoms with E-state index in [9.17, 15) is 52.7 Å². The number of hydrogen-bond donors (Lipinski definition) is 0. The first-order valence-electron chi connectivity index (χ1n) is 25.0. The molecular weight excluding hydrogens is 1050 g/mol. The van der Waals surface area contributed by atoms with Gasteiger partial charge in [0.15, 0.2) is 0 Å². The van der Waals surface area contributed by atoms with Crippen LogP contribution in [0.2, 0.25) is 0 Å². The Morgan fingerprint density at radius 3 is 0.750 bits per heavy atom. The van der Waals surface area contributed by atoms with E-state index in [4.69, 9.17) is 0 Å². The minimum absolute atomic E-state index is 0.0442. The lowest BCUT2D eigenvalue weighted by molar-refractivity contribution is -0.138. The second-order valence-corrected chi connectivity index (χ2v) is 19.7. The van der Waals surface area contributed by atoms with Gasteiger partial charge in [0.1, 0.15) is 0 Å². The largest absolute Gasteiger partial charge is 0.416 e. The highest BCUT2D eigenvalue weighted by Gasteiger charge is 2.36. The zero-order valence-corrected chi connectivity index (χ0v) is 41.2. The van der Waals surface area contributed by atoms with Crippen LogP contribution < -0.4 is 0 Å². The topological polar surface area (TPSA) is 9.86 Å². The number of alkyl halides is 12. The van der Waals surface area contributed by atoms with Gasteiger partial charge in [-0.3, -0.25) is 0 Å². The van der Waals surface area contributed by atoms with Gasteiger partial charge in [0, 0.05) is 32.9 Å². The molecule has 0 radical (unpaired) electrons. The Kier molecular flexibility index (Phi) is 11.4. The summed E-state index contributed by atoms with van der Waals surface area (Å²) in [6.07, 6.45) is -19.2. The number of rotatable bonds is 6. The van der Waals surface area contributed by atoms with Crippen LogP contribution in [0.3, 0.4) is 0 Å². The van der Waals surface area contributed by atoms with Gasteiger partial charge in [-0.1, -0.05) is 121 Å². The van der Waals surface area contributed by atoms with E-state index in [1.165, 1.54) is 24.3 Å². The van der Waals surface area contributed by atoms with Crippen LogP contribution in [-0.2, 0) is 24.7 Å². The normalized spacial score (nSPS) is 12.8. The summed E-state index contributed by atoms with van der Waals surface area (Å²) in [6.45, 7) is 0. The van der Waals surface area contributed by atoms with E-state index in [0.717, 1.165) is 81.9 Å². The summed E-state index contributed by atoms with van der Waals surface area (Å²) in [5.74, 6) is 0. The van der Waals surface area contributed by atoms with Crippen LogP contribution in [0.5, 0.6) is 0 Å². The molecule has 0 fully saturated rings. The maximum absolute atomic E-state index is 14.3. The van der Waals surface area contributed by atoms with Gasteiger partial charge in [0.05, 0.1) is 44.3 Å². The standard InChI is InChI=1S/C66H36F12N2/c67-63(68,69)43-19-27-57-51(31-43)52-32-44(64(70,71)72)20-28-58(52)79(57)47-24-26-50-55(35-47)61(41-15-11-39(12-16-41)37-7-3-1-4-8-37)49-25-23-48(36-56(49)62(50)42-17-13-40(14-18-42)38-9-5-2-6-10-38)80-59-29-21-45(65(73,74)75)33-53(59)54-34-46(66(76,77)78)22-30-60(54)80/h1-36H. The molecule has 14 heteroatoms. The first-order chi connectivity index (χ1) is 38.2. The molecular formula is C66H36F12N2. The number of fused-ring (bicyclic) bond motifs is 8. The van der Waals surface area contributed by atoms with Crippen LogP contribution >= 0.6 is 0 Å². The van der Waals surface area contributed by atoms with E-state index in [0.29, 0.717) is 44.0 Å². The average Bonchev–Trinajstić information content (AvgIpc) is 4.03. The molecule has 0 bridgehead atoms. The summed E-state index contributed by atoms with van der Waals surface area (Å²) in [4.78, 5) is 0. The van der Waals surface area contributed by atoms with Gasteiger partial charge in [0.25, 0.3) is 0 Å². The lowest BCUT2D eigenvalue weighted by atomic mass is 9.85. The molecule has 0 aliphatic carbocycles. The fourth-order valence-electron chi connectivity index (χ4n) is 11.3. The summed E-state index contributed by atoms with van der Waals surface area (Å²) >= 11 is 0. The van der Waals surface area contributed by atoms with Crippen molar-refractivity contribution in [3.8, 4) is 55.9 Å². The summed E-state index contributed by atoms with van der Waals surface area (Å²) < 4.78 is 175. The lowest BCUT2D eigenvalue weighted by Crippen LogP contribution is -2.04. The molecule has 0 atom stereocenters. The van der Waals surface area contributed by atoms with Gasteiger partial charge in [-0.15, -0.1) is 0 Å². The van der Waals surface area contributed by atoms with E-state index >= 15 is 0 Å². The Hall–Kier alpha value is -9.30. The Balaban J connectivity index is 1.13. The van der Waals surface area contributed by atoms with Crippen molar-refractivity contribution in [3.63, 3.8) is 0 Å². The Labute approximate surface area is 446 Å². The Bertz CT molecular complexity index is 4160. The van der Waals surface area contributed by atoms with E-state index in [1.807, 2.05) is 133 Å². The molecule has 13 aromatic rings. The zero-order chi connectivity index (χ0) is 55.6. The van der Waals surface area contributed by atoms with E-state index < -0.39 is 47.0 Å². The Morgan fingerprint density at radius 2 is 0.475 bits per heavy atom. The molecule has 2 aromatic heterocycles. The smallest absolute Gasteiger partial charge is 0.309 e. The van der Waals surface area contributed by atoms with Gasteiger partial charge in [-0.25, -0.2) is 0 Å². The highest BCUT2D eigenvalue weighted by molar-refractivity contribution is 6.23. The molecule has 0 aliphatic rings. The van der Waals surface area contributed by atoms with Gasteiger partial charge in [-0.2, -0.15) is 52.7 Å². The van der Waals surface area contributed by atoms with Crippen LogP contribution in [0.4, 0.5) is 52.7 Å². The van der Waals surface area contributed by atoms with E-state index in [2.05, 4.69) is 0 Å². The number of benzene rings is 11. The van der Waals surface area contributed by atoms with Crippen molar-refractivity contribution in [2.24, 2.45) is 0 Å². The third-order valence-electron chi connectivity index (χ3n) is 15.0. The van der Waals surface area contributed by atoms with Crippen molar-refractivity contribution in [2.75, 3.05) is 0 Å². The summed E-state index contributed by atoms with van der Waals surface area (Å²) in [7, 11) is 0. The molecule has 0 amide bonds. The summed E-state index contributed by atoms with van der Waals surface area (Å²) in [5.41, 5.74) is 4.07. The van der Waals surface area contributed by atoms with Crippen LogP contribution in [0.1, 0.15) is 22.3 Å². The van der Waals surface area contributed by atoms with Crippen LogP contribution in [0.25, 0.3) is 121 Å². The van der Waals surface area contributed by atoms with Gasteiger partial charge in [0.2, 0.25) is 0 Å². The molecule has 0 aliphatic heterocycles. The van der Waals surface area contributed by atoms with Crippen LogP contribution in [-0.4, -0.2) is 9.13 Å². The molecule has 0 unspecified atom stereocenters. The quantitative estimate of drug-likeness (QED) is 0.116. The molecule has 2 heterocycles. The van der Waals surface area contributed by atoms with Crippen molar-refractivity contribution < 1.29 is 52.7 Å². The number of aromatic nitrogens is 2. The van der Waals surface area contributed by atoms with Gasteiger partial charge < -0.3 is 9.13 Å². The third kappa shape index (κ3) is 8.48. The van der Waals surface area contributed by atoms with E-state index in [-0.39, 0.29) is 43.6 Å².